The van der Waals surface area contributed by atoms with Crippen LogP contribution >= 0.6 is 0 Å². The van der Waals surface area contributed by atoms with Gasteiger partial charge < -0.3 is 9.47 Å². The van der Waals surface area contributed by atoms with Crippen molar-refractivity contribution in [1.29, 1.82) is 10.8 Å². The number of benzene rings is 2. The first-order valence-electron chi connectivity index (χ1n) is 12.7. The number of likely N-dealkylation sites (tertiary alicyclic amines) is 1. The number of nitrogens with zero attached hydrogens (tertiary/aromatic N) is 3. The SMILES string of the molecule is CC12CN(Cc3ccc(C(=N)OC=N)cc3)CCC1(c1ccc3ncc(N4CCC(=O)NC4=O)cc3c1F)O2. The number of pyridine rings is 1. The highest BCUT2D eigenvalue weighted by Gasteiger charge is 2.70. The Labute approximate surface area is 223 Å². The third-order valence-corrected chi connectivity index (χ3v) is 7.90. The number of urea groups is 1. The number of hydrogen-bond donors (Lipinski definition) is 3. The van der Waals surface area contributed by atoms with Crippen LogP contribution in [0.1, 0.15) is 36.5 Å². The van der Waals surface area contributed by atoms with Crippen molar-refractivity contribution in [3.05, 3.63) is 71.2 Å². The molecule has 2 atom stereocenters. The molecule has 3 saturated heterocycles. The van der Waals surface area contributed by atoms with Crippen molar-refractivity contribution in [1.82, 2.24) is 15.2 Å². The fourth-order valence-corrected chi connectivity index (χ4v) is 5.84. The number of carbonyl (C=O) groups excluding carboxylic acids is 2. The van der Waals surface area contributed by atoms with E-state index in [0.717, 1.165) is 12.0 Å². The van der Waals surface area contributed by atoms with Gasteiger partial charge in [-0.25, -0.2) is 9.18 Å². The lowest BCUT2D eigenvalue weighted by Gasteiger charge is -2.33. The Bertz CT molecular complexity index is 1530. The molecule has 0 spiro atoms. The third kappa shape index (κ3) is 4.23. The second-order valence-electron chi connectivity index (χ2n) is 10.3. The third-order valence-electron chi connectivity index (χ3n) is 7.90. The van der Waals surface area contributed by atoms with E-state index >= 15 is 4.39 Å². The minimum absolute atomic E-state index is 0.0766. The number of hydrogen-bond acceptors (Lipinski definition) is 8. The number of epoxide rings is 1. The van der Waals surface area contributed by atoms with Gasteiger partial charge in [-0.15, -0.1) is 0 Å². The molecule has 4 heterocycles. The lowest BCUT2D eigenvalue weighted by atomic mass is 9.80. The summed E-state index contributed by atoms with van der Waals surface area (Å²) in [5.74, 6) is -0.815. The zero-order valence-corrected chi connectivity index (χ0v) is 21.3. The Balaban J connectivity index is 1.21. The van der Waals surface area contributed by atoms with Gasteiger partial charge in [0.2, 0.25) is 11.8 Å². The van der Waals surface area contributed by atoms with Crippen LogP contribution in [0.25, 0.3) is 10.9 Å². The smallest absolute Gasteiger partial charge is 0.328 e. The van der Waals surface area contributed by atoms with E-state index < -0.39 is 23.1 Å². The highest BCUT2D eigenvalue weighted by Crippen LogP contribution is 2.61. The lowest BCUT2D eigenvalue weighted by Crippen LogP contribution is -2.49. The predicted molar refractivity (Wildman–Crippen MR) is 141 cm³/mol. The minimum atomic E-state index is -0.740. The second-order valence-corrected chi connectivity index (χ2v) is 10.3. The highest BCUT2D eigenvalue weighted by atomic mass is 19.1. The number of aromatic nitrogens is 1. The fraction of sp³-hybridized carbons (Fsp3) is 0.321. The summed E-state index contributed by atoms with van der Waals surface area (Å²) in [5, 5.41) is 17.4. The molecule has 3 aromatic rings. The molecule has 10 nitrogen and oxygen atoms in total. The highest BCUT2D eigenvalue weighted by molar-refractivity contribution is 6.06. The molecule has 3 aliphatic heterocycles. The Hall–Kier alpha value is -4.22. The van der Waals surface area contributed by atoms with E-state index in [-0.39, 0.29) is 24.8 Å². The van der Waals surface area contributed by atoms with Crippen molar-refractivity contribution in [3.8, 4) is 0 Å². The van der Waals surface area contributed by atoms with Crippen LogP contribution in [0.2, 0.25) is 0 Å². The van der Waals surface area contributed by atoms with Gasteiger partial charge in [0.05, 0.1) is 17.4 Å². The minimum Gasteiger partial charge on any atom is -0.428 e. The van der Waals surface area contributed by atoms with Gasteiger partial charge in [0.25, 0.3) is 0 Å². The number of rotatable bonds is 6. The number of imide groups is 1. The molecule has 6 rings (SSSR count). The molecule has 0 aliphatic carbocycles. The molecule has 11 heteroatoms. The first kappa shape index (κ1) is 25.1. The molecule has 0 saturated carbocycles. The largest absolute Gasteiger partial charge is 0.428 e. The number of ether oxygens (including phenoxy) is 2. The van der Waals surface area contributed by atoms with Gasteiger partial charge in [-0.05, 0) is 43.2 Å². The zero-order valence-electron chi connectivity index (χ0n) is 21.3. The summed E-state index contributed by atoms with van der Waals surface area (Å²) in [4.78, 5) is 31.9. The number of halogens is 1. The normalized spacial score (nSPS) is 24.7. The molecule has 3 aliphatic rings. The van der Waals surface area contributed by atoms with E-state index in [1.165, 1.54) is 11.1 Å². The van der Waals surface area contributed by atoms with Crippen LogP contribution < -0.4 is 10.2 Å². The van der Waals surface area contributed by atoms with Crippen molar-refractivity contribution >= 4 is 40.8 Å². The molecular formula is C28H27FN6O4. The summed E-state index contributed by atoms with van der Waals surface area (Å²) in [6.45, 7) is 4.23. The Morgan fingerprint density at radius 3 is 2.74 bits per heavy atom. The van der Waals surface area contributed by atoms with Gasteiger partial charge in [-0.3, -0.25) is 35.7 Å². The van der Waals surface area contributed by atoms with Crippen LogP contribution in [0.4, 0.5) is 14.9 Å². The molecule has 1 aromatic heterocycles. The fourth-order valence-electron chi connectivity index (χ4n) is 5.84. The van der Waals surface area contributed by atoms with Gasteiger partial charge in [-0.2, -0.15) is 0 Å². The molecule has 200 valence electrons. The molecule has 2 aromatic carbocycles. The maximum absolute atomic E-state index is 16.1. The van der Waals surface area contributed by atoms with Crippen molar-refractivity contribution in [2.75, 3.05) is 24.5 Å². The number of piperidine rings is 1. The zero-order chi connectivity index (χ0) is 27.4. The van der Waals surface area contributed by atoms with Gasteiger partial charge >= 0.3 is 6.03 Å². The van der Waals surface area contributed by atoms with Gasteiger partial charge in [-0.1, -0.05) is 18.2 Å². The van der Waals surface area contributed by atoms with Crippen LogP contribution in [0, 0.1) is 16.6 Å². The number of anilines is 1. The standard InChI is InChI=1S/C28H27FN6O4/c1-27-15-34(14-17-2-4-18(5-3-17)25(31)38-16-30)11-9-28(27,39-27)21-6-7-22-20(24(21)29)12-19(13-32-22)35-10-8-23(36)33-26(35)37/h2-7,12-13,16,30-31H,8-11,14-15H2,1H3,(H,33,36,37). The van der Waals surface area contributed by atoms with Crippen molar-refractivity contribution < 1.29 is 23.5 Å². The van der Waals surface area contributed by atoms with Crippen LogP contribution in [-0.4, -0.2) is 59.4 Å². The van der Waals surface area contributed by atoms with Crippen LogP contribution in [0.5, 0.6) is 0 Å². The molecule has 3 fully saturated rings. The molecular weight excluding hydrogens is 503 g/mol. The quantitative estimate of drug-likeness (QED) is 0.253. The van der Waals surface area contributed by atoms with Crippen LogP contribution in [0.3, 0.4) is 0 Å². The first-order valence-corrected chi connectivity index (χ1v) is 12.7. The molecule has 2 unspecified atom stereocenters. The van der Waals surface area contributed by atoms with Gasteiger partial charge in [0, 0.05) is 49.1 Å². The molecule has 39 heavy (non-hydrogen) atoms. The van der Waals surface area contributed by atoms with Crippen molar-refractivity contribution in [3.63, 3.8) is 0 Å². The molecule has 0 bridgehead atoms. The summed E-state index contributed by atoms with van der Waals surface area (Å²) < 4.78 is 27.2. The number of nitrogens with one attached hydrogen (secondary N) is 3. The Kier molecular flexibility index (Phi) is 5.92. The average molecular weight is 531 g/mol. The lowest BCUT2D eigenvalue weighted by molar-refractivity contribution is -0.120. The van der Waals surface area contributed by atoms with Crippen LogP contribution in [0.15, 0.2) is 48.7 Å². The summed E-state index contributed by atoms with van der Waals surface area (Å²) in [6, 6.07) is 12.1. The average Bonchev–Trinajstić information content (AvgIpc) is 3.55. The van der Waals surface area contributed by atoms with Crippen LogP contribution in [-0.2, 0) is 26.4 Å². The van der Waals surface area contributed by atoms with Crippen molar-refractivity contribution in [2.24, 2.45) is 0 Å². The van der Waals surface area contributed by atoms with E-state index in [9.17, 15) is 9.59 Å². The topological polar surface area (TPSA) is 135 Å². The van der Waals surface area contributed by atoms with E-state index in [1.54, 1.807) is 30.3 Å². The Morgan fingerprint density at radius 1 is 1.23 bits per heavy atom. The molecule has 0 radical (unpaired) electrons. The number of fused-ring (bicyclic) bond motifs is 2. The monoisotopic (exact) mass is 530 g/mol. The molecule has 3 N–H and O–H groups in total. The summed E-state index contributed by atoms with van der Waals surface area (Å²) in [7, 11) is 0. The first-order chi connectivity index (χ1) is 18.7. The Morgan fingerprint density at radius 2 is 2.03 bits per heavy atom. The summed E-state index contributed by atoms with van der Waals surface area (Å²) in [6.07, 6.45) is 3.04. The number of amides is 3. The maximum Gasteiger partial charge on any atom is 0.328 e. The summed E-state index contributed by atoms with van der Waals surface area (Å²) in [5.41, 5.74) is 1.76. The van der Waals surface area contributed by atoms with E-state index in [4.69, 9.17) is 20.3 Å². The van der Waals surface area contributed by atoms with E-state index in [2.05, 4.69) is 15.2 Å². The summed E-state index contributed by atoms with van der Waals surface area (Å²) >= 11 is 0. The predicted octanol–water partition coefficient (Wildman–Crippen LogP) is 3.66. The van der Waals surface area contributed by atoms with E-state index in [1.807, 2.05) is 19.1 Å². The van der Waals surface area contributed by atoms with Gasteiger partial charge in [0.15, 0.2) is 6.40 Å². The van der Waals surface area contributed by atoms with Gasteiger partial charge in [0.1, 0.15) is 17.0 Å². The van der Waals surface area contributed by atoms with Crippen molar-refractivity contribution in [2.45, 2.75) is 37.5 Å². The number of carbonyl (C=O) groups is 2. The second kappa shape index (κ2) is 9.21. The maximum atomic E-state index is 16.1. The van der Waals surface area contributed by atoms with E-state index in [0.29, 0.717) is 53.8 Å². The molecule has 3 amide bonds.